The number of aliphatic hydroxyl groups excluding tert-OH is 1. The first-order chi connectivity index (χ1) is 12.0. The van der Waals surface area contributed by atoms with Crippen molar-refractivity contribution in [2.45, 2.75) is 33.6 Å². The van der Waals surface area contributed by atoms with Crippen LogP contribution in [0.5, 0.6) is 0 Å². The van der Waals surface area contributed by atoms with E-state index in [0.29, 0.717) is 19.8 Å². The lowest BCUT2D eigenvalue weighted by atomic mass is 9.81. The monoisotopic (exact) mass is 482 g/mol. The Morgan fingerprint density at radius 3 is 2.27 bits per heavy atom. The van der Waals surface area contributed by atoms with Gasteiger partial charge in [-0.1, -0.05) is 13.8 Å². The van der Waals surface area contributed by atoms with Crippen molar-refractivity contribution in [3.05, 3.63) is 0 Å². The van der Waals surface area contributed by atoms with E-state index in [-0.39, 0.29) is 47.8 Å². The second-order valence-electron chi connectivity index (χ2n) is 7.41. The van der Waals surface area contributed by atoms with E-state index >= 15 is 0 Å². The molecule has 7 nitrogen and oxygen atoms in total. The highest BCUT2D eigenvalue weighted by Crippen LogP contribution is 2.30. The third-order valence-corrected chi connectivity index (χ3v) is 5.17. The molecule has 2 rings (SSSR count). The van der Waals surface area contributed by atoms with Gasteiger partial charge < -0.3 is 25.0 Å². The number of halogens is 1. The normalized spacial score (nSPS) is 20.7. The van der Waals surface area contributed by atoms with Crippen LogP contribution < -0.4 is 5.32 Å². The van der Waals surface area contributed by atoms with Crippen LogP contribution in [-0.2, 0) is 9.53 Å². The summed E-state index contributed by atoms with van der Waals surface area (Å²) >= 11 is 0. The van der Waals surface area contributed by atoms with Gasteiger partial charge in [-0.05, 0) is 19.8 Å². The lowest BCUT2D eigenvalue weighted by Crippen LogP contribution is -2.54. The number of aliphatic hydroxyl groups is 1. The zero-order valence-electron chi connectivity index (χ0n) is 16.4. The largest absolute Gasteiger partial charge is 0.396 e. The zero-order chi connectivity index (χ0) is 18.3. The van der Waals surface area contributed by atoms with E-state index in [2.05, 4.69) is 17.1 Å². The summed E-state index contributed by atoms with van der Waals surface area (Å²) in [5.74, 6) is 1.16. The molecule has 0 aromatic carbocycles. The number of nitrogens with one attached hydrogen (secondary N) is 1. The molecule has 8 heteroatoms. The minimum atomic E-state index is -0.158. The van der Waals surface area contributed by atoms with Crippen molar-refractivity contribution in [2.24, 2.45) is 16.3 Å². The second-order valence-corrected chi connectivity index (χ2v) is 7.41. The van der Waals surface area contributed by atoms with Crippen molar-refractivity contribution in [2.75, 3.05) is 59.1 Å². The number of carbonyl (C=O) groups excluding carboxylic acids is 1. The average Bonchev–Trinajstić information content (AvgIpc) is 2.65. The fourth-order valence-electron chi connectivity index (χ4n) is 3.34. The summed E-state index contributed by atoms with van der Waals surface area (Å²) in [7, 11) is 0. The minimum Gasteiger partial charge on any atom is -0.396 e. The van der Waals surface area contributed by atoms with E-state index in [0.717, 1.165) is 51.5 Å². The highest BCUT2D eigenvalue weighted by molar-refractivity contribution is 14.0. The van der Waals surface area contributed by atoms with E-state index in [1.165, 1.54) is 0 Å². The van der Waals surface area contributed by atoms with Gasteiger partial charge in [-0.25, -0.2) is 0 Å². The summed E-state index contributed by atoms with van der Waals surface area (Å²) in [5.41, 5.74) is -0.158. The first kappa shape index (κ1) is 23.4. The van der Waals surface area contributed by atoms with Crippen molar-refractivity contribution >= 4 is 35.8 Å². The van der Waals surface area contributed by atoms with Crippen molar-refractivity contribution in [1.29, 1.82) is 0 Å². The second kappa shape index (κ2) is 11.3. The van der Waals surface area contributed by atoms with Crippen molar-refractivity contribution in [1.82, 2.24) is 15.1 Å². The molecule has 0 atom stereocenters. The summed E-state index contributed by atoms with van der Waals surface area (Å²) < 4.78 is 5.43. The average molecular weight is 482 g/mol. The molecule has 2 N–H and O–H groups in total. The van der Waals surface area contributed by atoms with Crippen LogP contribution in [0, 0.1) is 11.3 Å². The number of carbonyl (C=O) groups is 1. The number of amides is 1. The molecule has 2 fully saturated rings. The minimum absolute atomic E-state index is 0. The van der Waals surface area contributed by atoms with Crippen LogP contribution in [0.15, 0.2) is 4.99 Å². The molecule has 0 aliphatic carbocycles. The molecular formula is C18H35IN4O3. The third-order valence-electron chi connectivity index (χ3n) is 5.17. The Kier molecular flexibility index (Phi) is 10.2. The molecule has 2 aliphatic heterocycles. The number of aliphatic imine (C=N–C) groups is 1. The molecule has 2 saturated heterocycles. The molecule has 152 valence electrons. The Morgan fingerprint density at radius 1 is 1.19 bits per heavy atom. The van der Waals surface area contributed by atoms with E-state index < -0.39 is 0 Å². The molecule has 2 aliphatic rings. The molecule has 0 saturated carbocycles. The highest BCUT2D eigenvalue weighted by Gasteiger charge is 2.32. The molecular weight excluding hydrogens is 447 g/mol. The number of rotatable bonds is 5. The van der Waals surface area contributed by atoms with Crippen LogP contribution in [0.2, 0.25) is 0 Å². The number of hydrogen-bond donors (Lipinski definition) is 2. The Bertz CT molecular complexity index is 459. The molecule has 1 amide bonds. The van der Waals surface area contributed by atoms with Gasteiger partial charge in [0.15, 0.2) is 5.96 Å². The fourth-order valence-corrected chi connectivity index (χ4v) is 3.34. The lowest BCUT2D eigenvalue weighted by Gasteiger charge is -2.38. The van der Waals surface area contributed by atoms with Crippen LogP contribution in [0.25, 0.3) is 0 Å². The van der Waals surface area contributed by atoms with Gasteiger partial charge >= 0.3 is 0 Å². The summed E-state index contributed by atoms with van der Waals surface area (Å²) in [6.07, 6.45) is 1.70. The van der Waals surface area contributed by atoms with Crippen molar-refractivity contribution in [3.8, 4) is 0 Å². The van der Waals surface area contributed by atoms with Gasteiger partial charge in [0, 0.05) is 57.3 Å². The molecule has 2 heterocycles. The van der Waals surface area contributed by atoms with Crippen LogP contribution >= 0.6 is 24.0 Å². The Balaban J connectivity index is 0.00000338. The maximum absolute atomic E-state index is 12.1. The van der Waals surface area contributed by atoms with Gasteiger partial charge in [-0.3, -0.25) is 9.79 Å². The van der Waals surface area contributed by atoms with E-state index in [4.69, 9.17) is 9.73 Å². The number of nitrogens with zero attached hydrogens (tertiary/aromatic N) is 3. The lowest BCUT2D eigenvalue weighted by molar-refractivity contribution is -0.135. The van der Waals surface area contributed by atoms with E-state index in [1.807, 2.05) is 18.7 Å². The highest BCUT2D eigenvalue weighted by atomic mass is 127. The SMILES string of the molecule is CCNC(=NCC1(CO)CCOCC1)N1CCN(C(=O)C(C)C)CC1.I. The summed E-state index contributed by atoms with van der Waals surface area (Å²) in [4.78, 5) is 21.1. The zero-order valence-corrected chi connectivity index (χ0v) is 18.7. The number of ether oxygens (including phenoxy) is 1. The predicted octanol–water partition coefficient (Wildman–Crippen LogP) is 1.16. The molecule has 26 heavy (non-hydrogen) atoms. The standard InChI is InChI=1S/C18H34N4O3.HI/c1-4-19-17(20-13-18(14-23)5-11-25-12-6-18)22-9-7-21(8-10-22)16(24)15(2)3;/h15,23H,4-14H2,1-3H3,(H,19,20);1H. The van der Waals surface area contributed by atoms with Crippen molar-refractivity contribution < 1.29 is 14.6 Å². The molecule has 0 aromatic heterocycles. The van der Waals surface area contributed by atoms with Crippen molar-refractivity contribution in [3.63, 3.8) is 0 Å². The smallest absolute Gasteiger partial charge is 0.225 e. The summed E-state index contributed by atoms with van der Waals surface area (Å²) in [6, 6.07) is 0. The molecule has 0 spiro atoms. The summed E-state index contributed by atoms with van der Waals surface area (Å²) in [6.45, 7) is 12.0. The van der Waals surface area contributed by atoms with Crippen LogP contribution in [-0.4, -0.2) is 85.9 Å². The number of piperazine rings is 1. The van der Waals surface area contributed by atoms with Gasteiger partial charge in [0.25, 0.3) is 0 Å². The third kappa shape index (κ3) is 6.23. The van der Waals surface area contributed by atoms with Crippen LogP contribution in [0.4, 0.5) is 0 Å². The fraction of sp³-hybridized carbons (Fsp3) is 0.889. The Hall–Kier alpha value is -0.610. The maximum Gasteiger partial charge on any atom is 0.225 e. The molecule has 0 unspecified atom stereocenters. The number of hydrogen-bond acceptors (Lipinski definition) is 4. The van der Waals surface area contributed by atoms with Gasteiger partial charge in [-0.15, -0.1) is 24.0 Å². The van der Waals surface area contributed by atoms with Crippen LogP contribution in [0.3, 0.4) is 0 Å². The predicted molar refractivity (Wildman–Crippen MR) is 114 cm³/mol. The van der Waals surface area contributed by atoms with Gasteiger partial charge in [0.1, 0.15) is 0 Å². The Labute approximate surface area is 174 Å². The quantitative estimate of drug-likeness (QED) is 0.350. The van der Waals surface area contributed by atoms with Gasteiger partial charge in [0.05, 0.1) is 13.2 Å². The topological polar surface area (TPSA) is 77.4 Å². The first-order valence-electron chi connectivity index (χ1n) is 9.52. The van der Waals surface area contributed by atoms with E-state index in [9.17, 15) is 9.90 Å². The molecule has 0 bridgehead atoms. The number of guanidine groups is 1. The summed E-state index contributed by atoms with van der Waals surface area (Å²) in [5, 5.41) is 13.2. The molecule has 0 aromatic rings. The van der Waals surface area contributed by atoms with Gasteiger partial charge in [-0.2, -0.15) is 0 Å². The maximum atomic E-state index is 12.1. The first-order valence-corrected chi connectivity index (χ1v) is 9.52. The van der Waals surface area contributed by atoms with Gasteiger partial charge in [0.2, 0.25) is 5.91 Å². The Morgan fingerprint density at radius 2 is 1.77 bits per heavy atom. The molecule has 0 radical (unpaired) electrons. The van der Waals surface area contributed by atoms with Crippen LogP contribution in [0.1, 0.15) is 33.6 Å². The van der Waals surface area contributed by atoms with E-state index in [1.54, 1.807) is 0 Å².